The largest absolute Gasteiger partial charge is 0.480 e. The normalized spacial score (nSPS) is 15.6. The van der Waals surface area contributed by atoms with Crippen molar-refractivity contribution in [3.8, 4) is 0 Å². The van der Waals surface area contributed by atoms with Gasteiger partial charge < -0.3 is 36.4 Å². The molecule has 4 atom stereocenters. The van der Waals surface area contributed by atoms with Gasteiger partial charge in [0, 0.05) is 49.7 Å². The van der Waals surface area contributed by atoms with E-state index in [4.69, 9.17) is 0 Å². The first-order valence-electron chi connectivity index (χ1n) is 18.0. The lowest BCUT2D eigenvalue weighted by Gasteiger charge is -2.40. The number of carboxylic acids is 2. The maximum absolute atomic E-state index is 14.2. The van der Waals surface area contributed by atoms with Gasteiger partial charge in [0.25, 0.3) is 11.8 Å². The average Bonchev–Trinajstić information content (AvgIpc) is 3.42. The van der Waals surface area contributed by atoms with Crippen molar-refractivity contribution >= 4 is 47.4 Å². The van der Waals surface area contributed by atoms with E-state index in [1.165, 1.54) is 24.0 Å². The first kappa shape index (κ1) is 45.8. The number of aliphatic carboxylic acids is 1. The topological polar surface area (TPSA) is 232 Å². The Morgan fingerprint density at radius 1 is 0.891 bits per heavy atom. The number of aromatic carboxylic acids is 1. The molecule has 0 aliphatic carbocycles. The van der Waals surface area contributed by atoms with Crippen molar-refractivity contribution < 1.29 is 48.6 Å². The fraction of sp³-hybridized carbons (Fsp3) is 0.538. The molecule has 1 aliphatic rings. The maximum Gasteiger partial charge on any atom is 0.335 e. The SMILES string of the molecule is CN[C@H](C(=O)N[C@H](C(=O)N(C)[C@H](/C=C(\C)C(=O)N[C@H](CCC(=O)NCCN1C(=O)C=CC1=O)C(=O)O)C(C)C)C(C)(C)C)C(C)(C)c1ccc(C(=O)O)cc1. The Balaban J connectivity index is 2.17. The third-order valence-corrected chi connectivity index (χ3v) is 9.63. The van der Waals surface area contributed by atoms with Gasteiger partial charge >= 0.3 is 11.9 Å². The van der Waals surface area contributed by atoms with Crippen LogP contribution in [-0.4, -0.2) is 119 Å². The van der Waals surface area contributed by atoms with Crippen LogP contribution in [-0.2, 0) is 39.0 Å². The van der Waals surface area contributed by atoms with Crippen molar-refractivity contribution in [1.82, 2.24) is 31.1 Å². The second-order valence-electron chi connectivity index (χ2n) is 15.6. The first-order chi connectivity index (χ1) is 25.4. The van der Waals surface area contributed by atoms with E-state index >= 15 is 0 Å². The molecule has 1 aromatic rings. The van der Waals surface area contributed by atoms with Crippen LogP contribution in [0, 0.1) is 11.3 Å². The van der Waals surface area contributed by atoms with Crippen LogP contribution in [0.1, 0.15) is 84.2 Å². The molecule has 16 nitrogen and oxygen atoms in total. The number of nitrogens with zero attached hydrogens (tertiary/aromatic N) is 2. The number of hydrogen-bond acceptors (Lipinski definition) is 9. The van der Waals surface area contributed by atoms with Gasteiger partial charge in [0.15, 0.2) is 0 Å². The molecule has 0 saturated carbocycles. The molecule has 0 fully saturated rings. The van der Waals surface area contributed by atoms with E-state index in [9.17, 15) is 48.6 Å². The predicted molar refractivity (Wildman–Crippen MR) is 203 cm³/mol. The van der Waals surface area contributed by atoms with E-state index in [0.29, 0.717) is 5.56 Å². The zero-order valence-corrected chi connectivity index (χ0v) is 33.3. The van der Waals surface area contributed by atoms with Gasteiger partial charge in [-0.1, -0.05) is 66.7 Å². The van der Waals surface area contributed by atoms with Crippen molar-refractivity contribution in [2.75, 3.05) is 27.2 Å². The monoisotopic (exact) mass is 768 g/mol. The molecule has 1 heterocycles. The van der Waals surface area contributed by atoms with E-state index < -0.39 is 82.4 Å². The van der Waals surface area contributed by atoms with Gasteiger partial charge in [0.1, 0.15) is 12.1 Å². The lowest BCUT2D eigenvalue weighted by atomic mass is 9.76. The van der Waals surface area contributed by atoms with Crippen molar-refractivity contribution in [2.45, 2.75) is 97.8 Å². The lowest BCUT2D eigenvalue weighted by Crippen LogP contribution is -2.61. The molecule has 0 spiro atoms. The van der Waals surface area contributed by atoms with Crippen LogP contribution >= 0.6 is 0 Å². The number of likely N-dealkylation sites (N-methyl/N-ethyl adjacent to an activating group) is 2. The highest BCUT2D eigenvalue weighted by atomic mass is 16.4. The number of rotatable bonds is 19. The maximum atomic E-state index is 14.2. The molecule has 6 N–H and O–H groups in total. The zero-order valence-electron chi connectivity index (χ0n) is 33.3. The van der Waals surface area contributed by atoms with E-state index in [1.807, 2.05) is 48.5 Å². The van der Waals surface area contributed by atoms with Crippen molar-refractivity contribution in [3.63, 3.8) is 0 Å². The predicted octanol–water partition coefficient (Wildman–Crippen LogP) is 1.60. The minimum atomic E-state index is -1.41. The Morgan fingerprint density at radius 2 is 1.45 bits per heavy atom. The van der Waals surface area contributed by atoms with Crippen LogP contribution in [0.15, 0.2) is 48.1 Å². The molecule has 0 unspecified atom stereocenters. The highest BCUT2D eigenvalue weighted by Crippen LogP contribution is 2.29. The van der Waals surface area contributed by atoms with Gasteiger partial charge in [-0.05, 0) is 49.4 Å². The Labute approximate surface area is 322 Å². The molecule has 1 aliphatic heterocycles. The summed E-state index contributed by atoms with van der Waals surface area (Å²) in [6.45, 7) is 14.2. The Bertz CT molecular complexity index is 1670. The van der Waals surface area contributed by atoms with E-state index in [2.05, 4.69) is 21.3 Å². The van der Waals surface area contributed by atoms with Crippen molar-refractivity contribution in [3.05, 3.63) is 59.2 Å². The minimum absolute atomic E-state index is 0.0227. The standard InChI is InChI=1S/C39H56N6O10/c1-22(2)27(21-23(3)33(49)42-26(37(54)55)15-16-28(46)41-19-20-45-29(47)17-18-30(45)48)44(10)35(51)32(38(4,5)6)43-34(50)31(40-9)39(7,8)25-13-11-24(12-14-25)36(52)53/h11-14,17-18,21-22,26-27,31-32,40H,15-16,19-20H2,1-10H3,(H,41,46)(H,42,49)(H,43,50)(H,52,53)(H,54,55)/b23-21+/t26-,27-,31-,32-/m1/s1. The lowest BCUT2D eigenvalue weighted by molar-refractivity contribution is -0.142. The second kappa shape index (κ2) is 19.3. The smallest absolute Gasteiger partial charge is 0.335 e. The molecular weight excluding hydrogens is 712 g/mol. The van der Waals surface area contributed by atoms with Crippen molar-refractivity contribution in [2.24, 2.45) is 11.3 Å². The number of nitrogens with one attached hydrogen (secondary N) is 4. The molecule has 0 bridgehead atoms. The van der Waals surface area contributed by atoms with E-state index in [0.717, 1.165) is 17.1 Å². The summed E-state index contributed by atoms with van der Waals surface area (Å²) in [4.78, 5) is 103. The highest BCUT2D eigenvalue weighted by molar-refractivity contribution is 6.12. The number of carbonyl (C=O) groups excluding carboxylic acids is 6. The summed E-state index contributed by atoms with van der Waals surface area (Å²) < 4.78 is 0. The third kappa shape index (κ3) is 12.3. The highest BCUT2D eigenvalue weighted by Gasteiger charge is 2.42. The number of hydrogen-bond donors (Lipinski definition) is 6. The summed E-state index contributed by atoms with van der Waals surface area (Å²) in [7, 11) is 3.19. The molecule has 55 heavy (non-hydrogen) atoms. The summed E-state index contributed by atoms with van der Waals surface area (Å²) in [6, 6.07) is 2.35. The van der Waals surface area contributed by atoms with Crippen molar-refractivity contribution in [1.29, 1.82) is 0 Å². The molecule has 6 amide bonds. The summed E-state index contributed by atoms with van der Waals surface area (Å²) in [5.41, 5.74) is -0.639. The summed E-state index contributed by atoms with van der Waals surface area (Å²) >= 11 is 0. The fourth-order valence-corrected chi connectivity index (χ4v) is 6.19. The number of amides is 6. The van der Waals surface area contributed by atoms with Gasteiger partial charge in [-0.3, -0.25) is 33.7 Å². The molecule has 0 radical (unpaired) electrons. The summed E-state index contributed by atoms with van der Waals surface area (Å²) in [5.74, 6) is -5.74. The van der Waals surface area contributed by atoms with E-state index in [-0.39, 0.29) is 43.0 Å². The molecule has 0 saturated heterocycles. The van der Waals surface area contributed by atoms with Gasteiger partial charge in [0.05, 0.1) is 17.6 Å². The number of carbonyl (C=O) groups is 8. The van der Waals surface area contributed by atoms with Crippen LogP contribution in [0.4, 0.5) is 0 Å². The third-order valence-electron chi connectivity index (χ3n) is 9.63. The minimum Gasteiger partial charge on any atom is -0.480 e. The summed E-state index contributed by atoms with van der Waals surface area (Å²) in [5, 5.41) is 30.0. The Hall–Kier alpha value is -5.38. The summed E-state index contributed by atoms with van der Waals surface area (Å²) in [6.07, 6.45) is 3.32. The fourth-order valence-electron chi connectivity index (χ4n) is 6.19. The van der Waals surface area contributed by atoms with Gasteiger partial charge in [0.2, 0.25) is 23.6 Å². The molecule has 2 rings (SSSR count). The molecule has 1 aromatic carbocycles. The molecule has 16 heteroatoms. The first-order valence-corrected chi connectivity index (χ1v) is 18.0. The number of imide groups is 1. The van der Waals surface area contributed by atoms with Gasteiger partial charge in [-0.15, -0.1) is 0 Å². The Kier molecular flexibility index (Phi) is 16.0. The van der Waals surface area contributed by atoms with Crippen LogP contribution in [0.3, 0.4) is 0 Å². The van der Waals surface area contributed by atoms with Gasteiger partial charge in [-0.25, -0.2) is 9.59 Å². The van der Waals surface area contributed by atoms with Crippen LogP contribution < -0.4 is 21.3 Å². The Morgan fingerprint density at radius 3 is 1.93 bits per heavy atom. The zero-order chi connectivity index (χ0) is 42.0. The number of benzene rings is 1. The second-order valence-corrected chi connectivity index (χ2v) is 15.6. The quantitative estimate of drug-likeness (QED) is 0.0875. The molecule has 302 valence electrons. The van der Waals surface area contributed by atoms with Crippen LogP contribution in [0.5, 0.6) is 0 Å². The van der Waals surface area contributed by atoms with E-state index in [1.54, 1.807) is 32.3 Å². The van der Waals surface area contributed by atoms with Gasteiger partial charge in [-0.2, -0.15) is 0 Å². The average molecular weight is 769 g/mol. The molecular formula is C39H56N6O10. The number of carboxylic acid groups (broad SMARTS) is 2. The van der Waals surface area contributed by atoms with Crippen LogP contribution in [0.25, 0.3) is 0 Å². The molecule has 0 aromatic heterocycles. The van der Waals surface area contributed by atoms with Crippen LogP contribution in [0.2, 0.25) is 0 Å².